The first-order valence-electron chi connectivity index (χ1n) is 21.9. The molecule has 0 saturated carbocycles. The van der Waals surface area contributed by atoms with E-state index in [0.717, 1.165) is 26.1 Å². The van der Waals surface area contributed by atoms with Crippen LogP contribution in [0.2, 0.25) is 0 Å². The van der Waals surface area contributed by atoms with Gasteiger partial charge in [0.05, 0.1) is 46.8 Å². The second kappa shape index (κ2) is 12.8. The number of fused-ring (bicyclic) bond motifs is 10. The maximum Gasteiger partial charge on any atom is 0.0928 e. The van der Waals surface area contributed by atoms with Crippen LogP contribution in [0.25, 0.3) is 66.8 Å². The van der Waals surface area contributed by atoms with Gasteiger partial charge in [0.1, 0.15) is 0 Å². The number of para-hydroxylation sites is 1. The van der Waals surface area contributed by atoms with Crippen molar-refractivity contribution in [1.29, 1.82) is 0 Å². The lowest BCUT2D eigenvalue weighted by Crippen LogP contribution is -2.08. The van der Waals surface area contributed by atoms with Crippen molar-refractivity contribution in [1.82, 2.24) is 9.13 Å². The molecule has 2 fully saturated rings. The summed E-state index contributed by atoms with van der Waals surface area (Å²) in [6, 6.07) is 61.8. The molecule has 2 aromatic heterocycles. The first-order chi connectivity index (χ1) is 29.8. The first kappa shape index (κ1) is 35.3. The SMILES string of the molecule is CC1c2ccccc2-c2c1c1cc(-c3cccc(-n4c5c(c6ccccc64)C(c4ccc(CC6(C)CO6)cc4)c4ccccc4-5)c3)ccc1n2-c1ccc(CC2(C)CO2)cc1. The molecule has 296 valence electrons. The number of benzene rings is 7. The van der Waals surface area contributed by atoms with Gasteiger partial charge >= 0.3 is 0 Å². The van der Waals surface area contributed by atoms with E-state index in [1.807, 2.05) is 0 Å². The second-order valence-electron chi connectivity index (χ2n) is 18.6. The van der Waals surface area contributed by atoms with Gasteiger partial charge in [0.15, 0.2) is 0 Å². The highest BCUT2D eigenvalue weighted by Gasteiger charge is 2.41. The molecule has 0 N–H and O–H groups in total. The molecule has 4 nitrogen and oxygen atoms in total. The Bertz CT molecular complexity index is 3250. The summed E-state index contributed by atoms with van der Waals surface area (Å²) < 4.78 is 16.5. The maximum absolute atomic E-state index is 5.73. The predicted octanol–water partition coefficient (Wildman–Crippen LogP) is 13.2. The van der Waals surface area contributed by atoms with Crippen LogP contribution in [0.15, 0.2) is 164 Å². The molecule has 4 unspecified atom stereocenters. The number of aromatic nitrogens is 2. The van der Waals surface area contributed by atoms with Gasteiger partial charge in [-0.2, -0.15) is 0 Å². The minimum absolute atomic E-state index is 0.00506. The molecule has 0 radical (unpaired) electrons. The Balaban J connectivity index is 0.942. The summed E-state index contributed by atoms with van der Waals surface area (Å²) in [6.07, 6.45) is 1.89. The highest BCUT2D eigenvalue weighted by molar-refractivity contribution is 6.01. The third-order valence-electron chi connectivity index (χ3n) is 14.2. The molecule has 0 bridgehead atoms. The summed E-state index contributed by atoms with van der Waals surface area (Å²) in [7, 11) is 0. The zero-order chi connectivity index (χ0) is 40.6. The Kier molecular flexibility index (Phi) is 7.40. The van der Waals surface area contributed by atoms with Gasteiger partial charge in [-0.3, -0.25) is 0 Å². The van der Waals surface area contributed by atoms with E-state index < -0.39 is 0 Å². The van der Waals surface area contributed by atoms with Gasteiger partial charge in [0, 0.05) is 58.0 Å². The summed E-state index contributed by atoms with van der Waals surface area (Å²) in [6.45, 7) is 8.47. The van der Waals surface area contributed by atoms with Crippen LogP contribution in [0.1, 0.15) is 71.6 Å². The van der Waals surface area contributed by atoms with Gasteiger partial charge in [0.2, 0.25) is 0 Å². The lowest BCUT2D eigenvalue weighted by Gasteiger charge is -2.16. The molecule has 2 saturated heterocycles. The minimum atomic E-state index is -0.0104. The highest BCUT2D eigenvalue weighted by atomic mass is 16.6. The third-order valence-corrected chi connectivity index (χ3v) is 14.2. The molecular weight excluding hydrogens is 745 g/mol. The first-order valence-corrected chi connectivity index (χ1v) is 21.9. The topological polar surface area (TPSA) is 34.9 Å². The number of ether oxygens (including phenoxy) is 2. The summed E-state index contributed by atoms with van der Waals surface area (Å²) in [5.41, 5.74) is 22.1. The third kappa shape index (κ3) is 5.45. The average molecular weight is 791 g/mol. The van der Waals surface area contributed by atoms with Crippen LogP contribution >= 0.6 is 0 Å². The molecule has 4 heteroatoms. The van der Waals surface area contributed by atoms with Crippen molar-refractivity contribution in [2.24, 2.45) is 0 Å². The summed E-state index contributed by atoms with van der Waals surface area (Å²) in [5.74, 6) is 0.435. The van der Waals surface area contributed by atoms with Gasteiger partial charge in [-0.15, -0.1) is 0 Å². The number of nitrogens with zero attached hydrogens (tertiary/aromatic N) is 2. The molecule has 9 aromatic rings. The minimum Gasteiger partial charge on any atom is -0.370 e. The monoisotopic (exact) mass is 790 g/mol. The Labute approximate surface area is 356 Å². The van der Waals surface area contributed by atoms with Crippen molar-refractivity contribution in [2.45, 2.75) is 56.7 Å². The maximum atomic E-state index is 5.73. The summed E-state index contributed by atoms with van der Waals surface area (Å²) in [5, 5.41) is 2.63. The fourth-order valence-corrected chi connectivity index (χ4v) is 11.0. The fourth-order valence-electron chi connectivity index (χ4n) is 11.0. The van der Waals surface area contributed by atoms with E-state index in [1.54, 1.807) is 0 Å². The molecule has 0 amide bonds. The lowest BCUT2D eigenvalue weighted by molar-refractivity contribution is 0.322. The Morgan fingerprint density at radius 1 is 0.508 bits per heavy atom. The van der Waals surface area contributed by atoms with Gasteiger partial charge in [-0.1, -0.05) is 128 Å². The Morgan fingerprint density at radius 2 is 1.08 bits per heavy atom. The number of hydrogen-bond donors (Lipinski definition) is 0. The average Bonchev–Trinajstić information content (AvgIpc) is 4.02. The lowest BCUT2D eigenvalue weighted by atomic mass is 9.87. The zero-order valence-electron chi connectivity index (χ0n) is 34.8. The van der Waals surface area contributed by atoms with E-state index >= 15 is 0 Å². The Morgan fingerprint density at radius 3 is 1.80 bits per heavy atom. The van der Waals surface area contributed by atoms with Crippen molar-refractivity contribution >= 4 is 21.8 Å². The largest absolute Gasteiger partial charge is 0.370 e. The van der Waals surface area contributed by atoms with Crippen LogP contribution in [0.4, 0.5) is 0 Å². The van der Waals surface area contributed by atoms with E-state index in [9.17, 15) is 0 Å². The molecule has 4 atom stereocenters. The fraction of sp³-hybridized carbons (Fsp3) is 0.193. The quantitative estimate of drug-likeness (QED) is 0.144. The molecule has 2 aliphatic carbocycles. The van der Waals surface area contributed by atoms with Crippen molar-refractivity contribution in [3.05, 3.63) is 203 Å². The summed E-state index contributed by atoms with van der Waals surface area (Å²) >= 11 is 0. The van der Waals surface area contributed by atoms with Gasteiger partial charge in [-0.05, 0) is 106 Å². The summed E-state index contributed by atoms with van der Waals surface area (Å²) in [4.78, 5) is 0. The molecule has 61 heavy (non-hydrogen) atoms. The van der Waals surface area contributed by atoms with Gasteiger partial charge in [0.25, 0.3) is 0 Å². The second-order valence-corrected chi connectivity index (χ2v) is 18.6. The van der Waals surface area contributed by atoms with Crippen LogP contribution in [0.3, 0.4) is 0 Å². The van der Waals surface area contributed by atoms with Crippen LogP contribution in [-0.4, -0.2) is 33.6 Å². The van der Waals surface area contributed by atoms with Crippen molar-refractivity contribution in [3.8, 4) is 45.0 Å². The van der Waals surface area contributed by atoms with Crippen molar-refractivity contribution < 1.29 is 9.47 Å². The number of hydrogen-bond acceptors (Lipinski definition) is 2. The van der Waals surface area contributed by atoms with Crippen LogP contribution < -0.4 is 0 Å². The smallest absolute Gasteiger partial charge is 0.0928 e. The highest BCUT2D eigenvalue weighted by Crippen LogP contribution is 2.54. The van der Waals surface area contributed by atoms with Gasteiger partial charge < -0.3 is 18.6 Å². The van der Waals surface area contributed by atoms with Crippen LogP contribution in [0, 0.1) is 0 Å². The number of rotatable bonds is 8. The zero-order valence-corrected chi connectivity index (χ0v) is 34.8. The molecule has 4 aliphatic rings. The van der Waals surface area contributed by atoms with Crippen LogP contribution in [0.5, 0.6) is 0 Å². The number of epoxide rings is 2. The van der Waals surface area contributed by atoms with E-state index in [2.05, 4.69) is 194 Å². The molecule has 4 heterocycles. The molecular formula is C57H46N2O2. The van der Waals surface area contributed by atoms with E-state index in [0.29, 0.717) is 0 Å². The Hall–Kier alpha value is -6.46. The van der Waals surface area contributed by atoms with Crippen molar-refractivity contribution in [3.63, 3.8) is 0 Å². The van der Waals surface area contributed by atoms with Gasteiger partial charge in [-0.25, -0.2) is 0 Å². The molecule has 0 spiro atoms. The van der Waals surface area contributed by atoms with Crippen molar-refractivity contribution in [2.75, 3.05) is 13.2 Å². The normalized spacial score (nSPS) is 21.7. The predicted molar refractivity (Wildman–Crippen MR) is 247 cm³/mol. The van der Waals surface area contributed by atoms with E-state index in [-0.39, 0.29) is 23.0 Å². The molecule has 2 aliphatic heterocycles. The standard InChI is InChI=1S/C57H46N2O2/c1-35-43-13-4-6-15-45(43)54-51(35)48-30-40(25-28-50(48)58(54)41-26-21-37(22-27-41)32-57(3)34-61-57)39-11-10-12-42(29-39)59-49-18-9-8-17-47(49)53-52(44-14-5-7-16-46(44)55(53)59)38-23-19-36(20-24-38)31-56(2)33-60-56/h4-30,35,52H,31-34H2,1-3H3. The van der Waals surface area contributed by atoms with Crippen LogP contribution in [-0.2, 0) is 22.3 Å². The molecule has 7 aromatic carbocycles. The van der Waals surface area contributed by atoms with E-state index in [4.69, 9.17) is 9.47 Å². The molecule has 13 rings (SSSR count). The van der Waals surface area contributed by atoms with E-state index in [1.165, 1.54) is 106 Å².